The Morgan fingerprint density at radius 3 is 2.64 bits per heavy atom. The summed E-state index contributed by atoms with van der Waals surface area (Å²) in [7, 11) is 1.46. The predicted octanol–water partition coefficient (Wildman–Crippen LogP) is 4.95. The minimum atomic E-state index is -1.22. The largest absolute Gasteiger partial charge is 0.495 e. The molecule has 0 unspecified atom stereocenters. The lowest BCUT2D eigenvalue weighted by Crippen LogP contribution is -2.28. The summed E-state index contributed by atoms with van der Waals surface area (Å²) >= 11 is 6.10. The molecule has 1 heterocycles. The zero-order chi connectivity index (χ0) is 24.1. The maximum absolute atomic E-state index is 14.3. The van der Waals surface area contributed by atoms with Crippen molar-refractivity contribution in [1.29, 1.82) is 5.26 Å². The van der Waals surface area contributed by atoms with E-state index in [1.807, 2.05) is 6.92 Å². The second-order valence-corrected chi connectivity index (χ2v) is 7.68. The first kappa shape index (κ1) is 23.8. The third kappa shape index (κ3) is 5.16. The van der Waals surface area contributed by atoms with Gasteiger partial charge in [-0.15, -0.1) is 0 Å². The number of anilines is 1. The summed E-state index contributed by atoms with van der Waals surface area (Å²) in [5, 5.41) is 21.8. The van der Waals surface area contributed by atoms with Crippen LogP contribution in [0, 0.1) is 17.1 Å². The van der Waals surface area contributed by atoms with Crippen LogP contribution in [-0.2, 0) is 0 Å². The van der Waals surface area contributed by atoms with Crippen LogP contribution in [0.4, 0.5) is 10.1 Å². The van der Waals surface area contributed by atoms with E-state index >= 15 is 0 Å². The maximum atomic E-state index is 14.3. The van der Waals surface area contributed by atoms with Gasteiger partial charge in [0.15, 0.2) is 0 Å². The third-order valence-corrected chi connectivity index (χ3v) is 5.50. The normalized spacial score (nSPS) is 11.5. The molecule has 33 heavy (non-hydrogen) atoms. The summed E-state index contributed by atoms with van der Waals surface area (Å²) in [6.45, 7) is 2.09. The van der Waals surface area contributed by atoms with Crippen LogP contribution in [-0.4, -0.2) is 29.3 Å². The van der Waals surface area contributed by atoms with Gasteiger partial charge in [0.1, 0.15) is 11.6 Å². The average Bonchev–Trinajstić information content (AvgIpc) is 2.80. The summed E-state index contributed by atoms with van der Waals surface area (Å²) in [5.74, 6) is -1.54. The van der Waals surface area contributed by atoms with Crippen molar-refractivity contribution in [3.05, 3.63) is 81.0 Å². The fourth-order valence-corrected chi connectivity index (χ4v) is 3.65. The number of carboxylic acids is 1. The van der Waals surface area contributed by atoms with E-state index in [9.17, 15) is 19.2 Å². The quantitative estimate of drug-likeness (QED) is 0.483. The molecule has 2 aromatic carbocycles. The Morgan fingerprint density at radius 2 is 2.03 bits per heavy atom. The second-order valence-electron chi connectivity index (χ2n) is 7.25. The topological polar surface area (TPSA) is 104 Å². The first-order chi connectivity index (χ1) is 15.8. The van der Waals surface area contributed by atoms with Crippen LogP contribution in [0.25, 0.3) is 11.1 Å². The lowest BCUT2D eigenvalue weighted by atomic mass is 10.00. The maximum Gasteiger partial charge on any atom is 0.335 e. The summed E-state index contributed by atoms with van der Waals surface area (Å²) in [4.78, 5) is 24.0. The number of rotatable bonds is 8. The van der Waals surface area contributed by atoms with Crippen LogP contribution in [0.3, 0.4) is 0 Å². The lowest BCUT2D eigenvalue weighted by Gasteiger charge is -2.22. The highest BCUT2D eigenvalue weighted by atomic mass is 35.5. The Bertz CT molecular complexity index is 1300. The minimum Gasteiger partial charge on any atom is -0.495 e. The van der Waals surface area contributed by atoms with Crippen molar-refractivity contribution in [3.8, 4) is 22.9 Å². The molecule has 3 rings (SSSR count). The highest BCUT2D eigenvalue weighted by molar-refractivity contribution is 6.31. The minimum absolute atomic E-state index is 0.132. The van der Waals surface area contributed by atoms with Crippen molar-refractivity contribution in [1.82, 2.24) is 4.57 Å². The van der Waals surface area contributed by atoms with Crippen molar-refractivity contribution < 1.29 is 19.0 Å². The van der Waals surface area contributed by atoms with E-state index in [2.05, 4.69) is 11.4 Å². The number of nitrogens with zero attached hydrogens (tertiary/aromatic N) is 2. The SMILES string of the molecule is CC[C@@H](CNc1ccc(C(=O)O)cc1F)n1cc(OC)c(-c2cc(Cl)ccc2C#N)cc1=O. The molecule has 0 aliphatic rings. The number of nitrogens with one attached hydrogen (secondary N) is 1. The van der Waals surface area contributed by atoms with Gasteiger partial charge in [0.05, 0.1) is 42.2 Å². The molecule has 7 nitrogen and oxygen atoms in total. The molecule has 0 aliphatic heterocycles. The van der Waals surface area contributed by atoms with Gasteiger partial charge in [-0.25, -0.2) is 9.18 Å². The van der Waals surface area contributed by atoms with Gasteiger partial charge in [0, 0.05) is 28.8 Å². The highest BCUT2D eigenvalue weighted by Gasteiger charge is 2.18. The van der Waals surface area contributed by atoms with Crippen LogP contribution in [0.15, 0.2) is 53.5 Å². The molecule has 0 amide bonds. The van der Waals surface area contributed by atoms with Gasteiger partial charge >= 0.3 is 5.97 Å². The molecule has 1 aromatic heterocycles. The van der Waals surface area contributed by atoms with Crippen molar-refractivity contribution in [2.45, 2.75) is 19.4 Å². The number of ether oxygens (including phenoxy) is 1. The van der Waals surface area contributed by atoms with Gasteiger partial charge in [-0.1, -0.05) is 18.5 Å². The number of nitriles is 1. The molecule has 0 fully saturated rings. The van der Waals surface area contributed by atoms with E-state index in [-0.39, 0.29) is 29.4 Å². The molecule has 0 radical (unpaired) electrons. The number of halogens is 2. The van der Waals surface area contributed by atoms with Gasteiger partial charge < -0.3 is 19.7 Å². The summed E-state index contributed by atoms with van der Waals surface area (Å²) in [6.07, 6.45) is 2.10. The van der Waals surface area contributed by atoms with Crippen molar-refractivity contribution in [2.24, 2.45) is 0 Å². The van der Waals surface area contributed by atoms with Crippen molar-refractivity contribution >= 4 is 23.3 Å². The number of hydrogen-bond donors (Lipinski definition) is 2. The Hall–Kier alpha value is -3.83. The Labute approximate surface area is 194 Å². The van der Waals surface area contributed by atoms with Crippen LogP contribution in [0.5, 0.6) is 5.75 Å². The Balaban J connectivity index is 1.94. The highest BCUT2D eigenvalue weighted by Crippen LogP contribution is 2.33. The molecule has 2 N–H and O–H groups in total. The number of methoxy groups -OCH3 is 1. The molecule has 0 aliphatic carbocycles. The number of hydrogen-bond acceptors (Lipinski definition) is 5. The molecule has 0 spiro atoms. The van der Waals surface area contributed by atoms with Gasteiger partial charge in [0.2, 0.25) is 0 Å². The van der Waals surface area contributed by atoms with E-state index in [0.29, 0.717) is 33.9 Å². The number of pyridine rings is 1. The molecule has 1 atom stereocenters. The number of carbonyl (C=O) groups is 1. The molecule has 170 valence electrons. The number of aromatic carboxylic acids is 1. The fraction of sp³-hybridized carbons (Fsp3) is 0.208. The Morgan fingerprint density at radius 1 is 1.27 bits per heavy atom. The van der Waals surface area contributed by atoms with E-state index < -0.39 is 11.8 Å². The lowest BCUT2D eigenvalue weighted by molar-refractivity contribution is 0.0696. The molecule has 0 saturated heterocycles. The third-order valence-electron chi connectivity index (χ3n) is 5.27. The average molecular weight is 470 g/mol. The van der Waals surface area contributed by atoms with Gasteiger partial charge in [-0.05, 0) is 42.8 Å². The smallest absolute Gasteiger partial charge is 0.335 e. The number of benzene rings is 2. The number of carboxylic acid groups (broad SMARTS) is 1. The summed E-state index contributed by atoms with van der Waals surface area (Å²) < 4.78 is 21.2. The fourth-order valence-electron chi connectivity index (χ4n) is 3.48. The molecule has 9 heteroatoms. The second kappa shape index (κ2) is 10.2. The van der Waals surface area contributed by atoms with E-state index in [4.69, 9.17) is 21.4 Å². The molecule has 0 saturated carbocycles. The molecular weight excluding hydrogens is 449 g/mol. The van der Waals surface area contributed by atoms with Gasteiger partial charge in [0.25, 0.3) is 5.56 Å². The van der Waals surface area contributed by atoms with Crippen LogP contribution in [0.2, 0.25) is 5.02 Å². The van der Waals surface area contributed by atoms with E-state index in [1.165, 1.54) is 29.9 Å². The van der Waals surface area contributed by atoms with Gasteiger partial charge in [-0.3, -0.25) is 4.79 Å². The number of aromatic nitrogens is 1. The first-order valence-corrected chi connectivity index (χ1v) is 10.4. The zero-order valence-electron chi connectivity index (χ0n) is 17.9. The molecular formula is C24H21ClFN3O4. The van der Waals surface area contributed by atoms with E-state index in [0.717, 1.165) is 6.07 Å². The van der Waals surface area contributed by atoms with Crippen molar-refractivity contribution in [3.63, 3.8) is 0 Å². The zero-order valence-corrected chi connectivity index (χ0v) is 18.7. The van der Waals surface area contributed by atoms with Gasteiger partial charge in [-0.2, -0.15) is 5.26 Å². The standard InChI is InChI=1S/C24H21ClFN3O4/c1-3-17(12-28-21-7-5-14(24(31)32)8-20(21)26)29-13-22(33-2)19(10-23(29)30)18-9-16(25)6-4-15(18)11-27/h4-10,13,17,28H,3,12H2,1-2H3,(H,31,32)/t17-/m0/s1. The monoisotopic (exact) mass is 469 g/mol. The van der Waals surface area contributed by atoms with E-state index in [1.54, 1.807) is 24.4 Å². The predicted molar refractivity (Wildman–Crippen MR) is 124 cm³/mol. The Kier molecular flexibility index (Phi) is 7.36. The molecule has 3 aromatic rings. The summed E-state index contributed by atoms with van der Waals surface area (Å²) in [6, 6.07) is 11.5. The van der Waals surface area contributed by atoms with Crippen LogP contribution >= 0.6 is 11.6 Å². The van der Waals surface area contributed by atoms with Crippen molar-refractivity contribution in [2.75, 3.05) is 19.0 Å². The van der Waals surface area contributed by atoms with Crippen LogP contribution < -0.4 is 15.6 Å². The molecule has 0 bridgehead atoms. The summed E-state index contributed by atoms with van der Waals surface area (Å²) in [5.41, 5.74) is 0.926. The first-order valence-electron chi connectivity index (χ1n) is 10.1. The van der Waals surface area contributed by atoms with Crippen LogP contribution in [0.1, 0.15) is 35.3 Å².